The van der Waals surface area contributed by atoms with E-state index in [1.807, 2.05) is 0 Å². The Morgan fingerprint density at radius 1 is 0.926 bits per heavy atom. The van der Waals surface area contributed by atoms with Gasteiger partial charge in [-0.3, -0.25) is 4.68 Å². The average molecular weight is 481 g/mol. The fourth-order valence-corrected chi connectivity index (χ4v) is 3.52. The summed E-state index contributed by atoms with van der Waals surface area (Å²) in [5, 5.41) is 13.0. The number of halogens is 5. The van der Waals surface area contributed by atoms with Gasteiger partial charge in [0.1, 0.15) is 5.02 Å². The molecule has 140 valence electrons. The molecule has 0 aliphatic carbocycles. The molecule has 0 radical (unpaired) electrons. The molecule has 1 heterocycles. The smallest absolute Gasteiger partial charge is 0.176 e. The molecule has 4 nitrogen and oxygen atoms in total. The molecule has 27 heavy (non-hydrogen) atoms. The maximum Gasteiger partial charge on any atom is 0.176 e. The van der Waals surface area contributed by atoms with Crippen LogP contribution in [0.1, 0.15) is 5.56 Å². The van der Waals surface area contributed by atoms with Crippen molar-refractivity contribution >= 4 is 86.8 Å². The third-order valence-corrected chi connectivity index (χ3v) is 5.26. The summed E-state index contributed by atoms with van der Waals surface area (Å²) in [7, 11) is 0. The van der Waals surface area contributed by atoms with E-state index in [0.29, 0.717) is 43.2 Å². The van der Waals surface area contributed by atoms with Crippen LogP contribution in [0.2, 0.25) is 25.1 Å². The molecule has 0 bridgehead atoms. The second kappa shape index (κ2) is 8.86. The summed E-state index contributed by atoms with van der Waals surface area (Å²) in [5.74, 6) is 0.385. The van der Waals surface area contributed by atoms with Gasteiger partial charge in [-0.05, 0) is 42.5 Å². The molecule has 0 aliphatic rings. The maximum atomic E-state index is 6.25. The highest BCUT2D eigenvalue weighted by Crippen LogP contribution is 2.28. The first-order chi connectivity index (χ1) is 12.8. The first-order valence-electron chi connectivity index (χ1n) is 7.52. The van der Waals surface area contributed by atoms with Gasteiger partial charge in [-0.25, -0.2) is 0 Å². The summed E-state index contributed by atoms with van der Waals surface area (Å²) in [6.07, 6.45) is 1.65. The lowest BCUT2D eigenvalue weighted by Gasteiger charge is -2.11. The minimum atomic E-state index is 0.266. The topological polar surface area (TPSA) is 41.9 Å². The SMILES string of the molecule is S=C(Nc1cc(Cl)ccc1Cl)Nc1nn(Cc2c(Cl)cccc2Cl)cc1Cl. The number of thiocarbonyl (C=S) groups is 1. The lowest BCUT2D eigenvalue weighted by molar-refractivity contribution is 0.690. The maximum absolute atomic E-state index is 6.25. The van der Waals surface area contributed by atoms with Gasteiger partial charge in [-0.2, -0.15) is 5.10 Å². The van der Waals surface area contributed by atoms with Gasteiger partial charge in [0, 0.05) is 26.8 Å². The Kier molecular flexibility index (Phi) is 6.74. The van der Waals surface area contributed by atoms with Gasteiger partial charge in [-0.15, -0.1) is 0 Å². The Labute approximate surface area is 186 Å². The highest BCUT2D eigenvalue weighted by molar-refractivity contribution is 7.80. The van der Waals surface area contributed by atoms with Crippen LogP contribution in [0, 0.1) is 0 Å². The molecular weight excluding hydrogens is 470 g/mol. The second-order valence-corrected chi connectivity index (χ2v) is 7.90. The van der Waals surface area contributed by atoms with E-state index in [0.717, 1.165) is 5.56 Å². The van der Waals surface area contributed by atoms with Gasteiger partial charge < -0.3 is 10.6 Å². The highest BCUT2D eigenvalue weighted by Gasteiger charge is 2.12. The van der Waals surface area contributed by atoms with E-state index >= 15 is 0 Å². The van der Waals surface area contributed by atoms with E-state index in [-0.39, 0.29) is 5.11 Å². The highest BCUT2D eigenvalue weighted by atomic mass is 35.5. The van der Waals surface area contributed by atoms with Crippen molar-refractivity contribution in [2.75, 3.05) is 10.6 Å². The average Bonchev–Trinajstić information content (AvgIpc) is 2.94. The fourth-order valence-electron chi connectivity index (χ4n) is 2.26. The summed E-state index contributed by atoms with van der Waals surface area (Å²) in [4.78, 5) is 0. The number of benzene rings is 2. The van der Waals surface area contributed by atoms with Crippen LogP contribution in [0.5, 0.6) is 0 Å². The molecule has 0 atom stereocenters. The monoisotopic (exact) mass is 478 g/mol. The molecule has 1 aromatic heterocycles. The molecule has 0 aliphatic heterocycles. The predicted octanol–water partition coefficient (Wildman–Crippen LogP) is 7.01. The Bertz CT molecular complexity index is 985. The Hall–Kier alpha value is -1.21. The Morgan fingerprint density at radius 2 is 1.63 bits per heavy atom. The minimum absolute atomic E-state index is 0.266. The van der Waals surface area contributed by atoms with Crippen LogP contribution in [0.4, 0.5) is 11.5 Å². The van der Waals surface area contributed by atoms with Crippen molar-refractivity contribution in [3.8, 4) is 0 Å². The zero-order valence-corrected chi connectivity index (χ0v) is 18.0. The normalized spacial score (nSPS) is 10.7. The van der Waals surface area contributed by atoms with Gasteiger partial charge in [0.05, 0.1) is 17.3 Å². The van der Waals surface area contributed by atoms with E-state index < -0.39 is 0 Å². The van der Waals surface area contributed by atoms with E-state index in [1.165, 1.54) is 0 Å². The summed E-state index contributed by atoms with van der Waals surface area (Å²) < 4.78 is 1.62. The summed E-state index contributed by atoms with van der Waals surface area (Å²) >= 11 is 36.0. The predicted molar refractivity (Wildman–Crippen MR) is 119 cm³/mol. The molecule has 0 amide bonds. The number of hydrogen-bond acceptors (Lipinski definition) is 2. The van der Waals surface area contributed by atoms with Gasteiger partial charge in [0.2, 0.25) is 0 Å². The van der Waals surface area contributed by atoms with Crippen molar-refractivity contribution in [2.24, 2.45) is 0 Å². The van der Waals surface area contributed by atoms with Gasteiger partial charge in [0.25, 0.3) is 0 Å². The van der Waals surface area contributed by atoms with Crippen molar-refractivity contribution in [3.63, 3.8) is 0 Å². The number of nitrogens with one attached hydrogen (secondary N) is 2. The lowest BCUT2D eigenvalue weighted by Crippen LogP contribution is -2.20. The molecule has 0 saturated carbocycles. The van der Waals surface area contributed by atoms with E-state index in [4.69, 9.17) is 70.2 Å². The third kappa shape index (κ3) is 5.19. The van der Waals surface area contributed by atoms with Crippen molar-refractivity contribution in [1.82, 2.24) is 9.78 Å². The zero-order chi connectivity index (χ0) is 19.6. The lowest BCUT2D eigenvalue weighted by atomic mass is 10.2. The quantitative estimate of drug-likeness (QED) is 0.394. The van der Waals surface area contributed by atoms with Crippen molar-refractivity contribution in [1.29, 1.82) is 0 Å². The zero-order valence-electron chi connectivity index (χ0n) is 13.4. The van der Waals surface area contributed by atoms with Crippen LogP contribution >= 0.6 is 70.2 Å². The number of hydrogen-bond donors (Lipinski definition) is 2. The third-order valence-electron chi connectivity index (χ3n) is 3.51. The fraction of sp³-hybridized carbons (Fsp3) is 0.0588. The summed E-state index contributed by atoms with van der Waals surface area (Å²) in [6, 6.07) is 10.3. The molecule has 3 aromatic rings. The van der Waals surface area contributed by atoms with Crippen LogP contribution < -0.4 is 10.6 Å². The molecule has 10 heteroatoms. The molecule has 0 unspecified atom stereocenters. The molecule has 3 rings (SSSR count). The van der Waals surface area contributed by atoms with Crippen LogP contribution in [-0.2, 0) is 6.54 Å². The van der Waals surface area contributed by atoms with Gasteiger partial charge >= 0.3 is 0 Å². The van der Waals surface area contributed by atoms with Crippen LogP contribution in [0.3, 0.4) is 0 Å². The van der Waals surface area contributed by atoms with Crippen LogP contribution in [-0.4, -0.2) is 14.9 Å². The molecular formula is C17H11Cl5N4S. The van der Waals surface area contributed by atoms with E-state index in [1.54, 1.807) is 47.3 Å². The summed E-state index contributed by atoms with van der Waals surface area (Å²) in [5.41, 5.74) is 1.32. The summed E-state index contributed by atoms with van der Waals surface area (Å²) in [6.45, 7) is 0.361. The van der Waals surface area contributed by atoms with Crippen LogP contribution in [0.25, 0.3) is 0 Å². The molecule has 0 saturated heterocycles. The van der Waals surface area contributed by atoms with Gasteiger partial charge in [-0.1, -0.05) is 64.1 Å². The minimum Gasteiger partial charge on any atom is -0.331 e. The van der Waals surface area contributed by atoms with E-state index in [2.05, 4.69) is 15.7 Å². The van der Waals surface area contributed by atoms with Crippen molar-refractivity contribution in [2.45, 2.75) is 6.54 Å². The van der Waals surface area contributed by atoms with Crippen LogP contribution in [0.15, 0.2) is 42.6 Å². The van der Waals surface area contributed by atoms with E-state index in [9.17, 15) is 0 Å². The first-order valence-corrected chi connectivity index (χ1v) is 9.82. The molecule has 2 N–H and O–H groups in total. The van der Waals surface area contributed by atoms with Gasteiger partial charge in [0.15, 0.2) is 10.9 Å². The number of rotatable bonds is 4. The largest absolute Gasteiger partial charge is 0.331 e. The molecule has 0 spiro atoms. The standard InChI is InChI=1S/C17H11Cl5N4S/c18-9-4-5-13(21)15(6-9)23-17(27)24-16-14(22)8-26(25-16)7-10-11(19)2-1-3-12(10)20/h1-6,8H,7H2,(H2,23,24,25,27). The molecule has 2 aromatic carbocycles. The first kappa shape index (κ1) is 20.5. The van der Waals surface area contributed by atoms with Crippen molar-refractivity contribution < 1.29 is 0 Å². The number of aromatic nitrogens is 2. The van der Waals surface area contributed by atoms with Crippen molar-refractivity contribution in [3.05, 3.63) is 73.3 Å². The molecule has 0 fully saturated rings. The number of nitrogens with zero attached hydrogens (tertiary/aromatic N) is 2. The Morgan fingerprint density at radius 3 is 2.33 bits per heavy atom. The Balaban J connectivity index is 1.73. The second-order valence-electron chi connectivity index (χ2n) is 5.43. The number of anilines is 2.